The van der Waals surface area contributed by atoms with E-state index in [1.807, 2.05) is 20.8 Å². The van der Waals surface area contributed by atoms with Gasteiger partial charge >= 0.3 is 5.97 Å². The summed E-state index contributed by atoms with van der Waals surface area (Å²) >= 11 is 19.6. The van der Waals surface area contributed by atoms with Crippen molar-refractivity contribution in [3.8, 4) is 11.3 Å². The summed E-state index contributed by atoms with van der Waals surface area (Å²) in [4.78, 5) is 11.5. The second-order valence-corrected chi connectivity index (χ2v) is 12.4. The lowest BCUT2D eigenvalue weighted by Crippen LogP contribution is -2.44. The second kappa shape index (κ2) is 11.9. The zero-order valence-electron chi connectivity index (χ0n) is 23.5. The Morgan fingerprint density at radius 2 is 1.93 bits per heavy atom. The minimum atomic E-state index is -1.24. The Balaban J connectivity index is 1.30. The van der Waals surface area contributed by atoms with Gasteiger partial charge in [-0.25, -0.2) is 4.79 Å². The van der Waals surface area contributed by atoms with Crippen molar-refractivity contribution in [2.75, 3.05) is 0 Å². The Morgan fingerprint density at radius 1 is 1.26 bits per heavy atom. The summed E-state index contributed by atoms with van der Waals surface area (Å²) in [5.41, 5.74) is 1.79. The molecule has 222 valence electrons. The Bertz CT molecular complexity index is 1570. The highest BCUT2D eigenvalue weighted by molar-refractivity contribution is 6.39. The lowest BCUT2D eigenvalue weighted by atomic mass is 9.66. The van der Waals surface area contributed by atoms with Crippen molar-refractivity contribution in [2.24, 2.45) is 0 Å². The normalized spacial score (nSPS) is 21.0. The molecule has 3 aromatic rings. The number of aromatic nitrogens is 3. The number of aromatic carboxylic acids is 1. The van der Waals surface area contributed by atoms with Gasteiger partial charge in [0, 0.05) is 34.2 Å². The van der Waals surface area contributed by atoms with Gasteiger partial charge in [0.25, 0.3) is 0 Å². The topological polar surface area (TPSA) is 111 Å². The molecule has 2 fully saturated rings. The summed E-state index contributed by atoms with van der Waals surface area (Å²) < 4.78 is 13.6. The van der Waals surface area contributed by atoms with Gasteiger partial charge < -0.3 is 19.5 Å². The summed E-state index contributed by atoms with van der Waals surface area (Å²) in [5.74, 6) is 0.345. The Hall–Kier alpha value is -3.04. The van der Waals surface area contributed by atoms with Crippen molar-refractivity contribution in [3.05, 3.63) is 92.1 Å². The number of halogens is 3. The predicted octanol–water partition coefficient (Wildman–Crippen LogP) is 8.41. The average Bonchev–Trinajstić information content (AvgIpc) is 3.52. The number of benzene rings is 1. The number of rotatable bonds is 11. The van der Waals surface area contributed by atoms with Crippen molar-refractivity contribution < 1.29 is 24.3 Å². The molecular formula is C31H32Cl3N3O5. The van der Waals surface area contributed by atoms with E-state index in [2.05, 4.69) is 16.8 Å². The van der Waals surface area contributed by atoms with Crippen LogP contribution in [0.3, 0.4) is 0 Å². The third-order valence-electron chi connectivity index (χ3n) is 7.81. The van der Waals surface area contributed by atoms with Gasteiger partial charge in [-0.05, 0) is 82.4 Å². The molecule has 0 radical (unpaired) electrons. The van der Waals surface area contributed by atoms with Crippen LogP contribution in [0.4, 0.5) is 0 Å². The van der Waals surface area contributed by atoms with Crippen LogP contribution in [0.2, 0.25) is 10.0 Å². The molecule has 0 atom stereocenters. The zero-order chi connectivity index (χ0) is 30.3. The molecule has 8 nitrogen and oxygen atoms in total. The van der Waals surface area contributed by atoms with Gasteiger partial charge in [-0.3, -0.25) is 4.68 Å². The molecule has 2 aliphatic rings. The van der Waals surface area contributed by atoms with E-state index in [0.717, 1.165) is 29.9 Å². The van der Waals surface area contributed by atoms with Gasteiger partial charge in [-0.15, -0.1) is 0 Å². The molecule has 42 heavy (non-hydrogen) atoms. The highest BCUT2D eigenvalue weighted by atomic mass is 35.5. The van der Waals surface area contributed by atoms with Crippen molar-refractivity contribution in [1.82, 2.24) is 14.9 Å². The van der Waals surface area contributed by atoms with Crippen molar-refractivity contribution in [1.29, 1.82) is 0 Å². The maximum atomic E-state index is 11.5. The van der Waals surface area contributed by atoms with E-state index in [-0.39, 0.29) is 35.2 Å². The van der Waals surface area contributed by atoms with Gasteiger partial charge in [-0.1, -0.05) is 52.6 Å². The van der Waals surface area contributed by atoms with E-state index < -0.39 is 11.6 Å². The number of aliphatic hydroxyl groups is 1. The first-order chi connectivity index (χ1) is 19.9. The van der Waals surface area contributed by atoms with Crippen LogP contribution >= 0.6 is 34.8 Å². The number of hydrogen-bond donors (Lipinski definition) is 2. The van der Waals surface area contributed by atoms with Gasteiger partial charge in [0.15, 0.2) is 5.69 Å². The van der Waals surface area contributed by atoms with Crippen LogP contribution in [0, 0.1) is 0 Å². The monoisotopic (exact) mass is 631 g/mol. The first kappa shape index (κ1) is 30.4. The molecule has 5 rings (SSSR count). The van der Waals surface area contributed by atoms with E-state index in [0.29, 0.717) is 45.5 Å². The molecule has 0 amide bonds. The molecule has 1 aromatic carbocycles. The molecule has 0 bridgehead atoms. The van der Waals surface area contributed by atoms with Crippen molar-refractivity contribution in [2.45, 2.75) is 76.5 Å². The van der Waals surface area contributed by atoms with Crippen molar-refractivity contribution in [3.63, 3.8) is 0 Å². The quantitative estimate of drug-likeness (QED) is 0.161. The van der Waals surface area contributed by atoms with Crippen LogP contribution in [-0.4, -0.2) is 36.7 Å². The lowest BCUT2D eigenvalue weighted by Gasteiger charge is -2.45. The molecule has 0 unspecified atom stereocenters. The third kappa shape index (κ3) is 5.91. The van der Waals surface area contributed by atoms with Gasteiger partial charge in [-0.2, -0.15) is 5.10 Å². The Labute approximate surface area is 259 Å². The van der Waals surface area contributed by atoms with E-state index in [9.17, 15) is 15.0 Å². The van der Waals surface area contributed by atoms with E-state index in [1.165, 1.54) is 0 Å². The van der Waals surface area contributed by atoms with E-state index in [4.69, 9.17) is 44.1 Å². The number of carboxylic acid groups (broad SMARTS) is 1. The molecule has 0 aliphatic heterocycles. The van der Waals surface area contributed by atoms with Gasteiger partial charge in [0.05, 0.1) is 21.2 Å². The number of carbonyl (C=O) groups is 1. The molecular weight excluding hydrogens is 601 g/mol. The molecule has 2 aromatic heterocycles. The van der Waals surface area contributed by atoms with E-state index in [1.54, 1.807) is 41.1 Å². The molecule has 2 heterocycles. The minimum absolute atomic E-state index is 0.0154. The average molecular weight is 633 g/mol. The minimum Gasteiger partial charge on any atom is -0.489 e. The molecule has 2 aliphatic carbocycles. The maximum Gasteiger partial charge on any atom is 0.356 e. The van der Waals surface area contributed by atoms with Crippen LogP contribution in [-0.2, 0) is 11.3 Å². The fraction of sp³-hybridized carbons (Fsp3) is 0.387. The standard InChI is InChI=1S/C31H32Cl3N3O5/c1-5-20(41-15-21-28(36-42-29(21)18-9-10-18)27-22(32)7-6-8-23(27)33)11-24(34)17(4)31(40)13-19(14-31)26-12-25(30(38)39)35-37(26)16(2)3/h5-8,11-12,16,18-19,40H,4,9-10,13-15H2,1-3H3,(H,38,39)/b20-5+,24-11+. The maximum absolute atomic E-state index is 11.5. The Kier molecular flexibility index (Phi) is 8.63. The largest absolute Gasteiger partial charge is 0.489 e. The van der Waals surface area contributed by atoms with Crippen LogP contribution in [0.1, 0.15) is 91.8 Å². The first-order valence-electron chi connectivity index (χ1n) is 13.8. The SMILES string of the molecule is C=C(/C(Cl)=C\C(=C/C)OCc1c(-c2c(Cl)cccc2Cl)noc1C1CC1)C1(O)CC(c2cc(C(=O)O)nn2C(C)C)C1. The van der Waals surface area contributed by atoms with Crippen LogP contribution < -0.4 is 0 Å². The molecule has 2 N–H and O–H groups in total. The smallest absolute Gasteiger partial charge is 0.356 e. The van der Waals surface area contributed by atoms with Gasteiger partial charge in [0.2, 0.25) is 0 Å². The Morgan fingerprint density at radius 3 is 2.50 bits per heavy atom. The highest BCUT2D eigenvalue weighted by Crippen LogP contribution is 2.51. The molecule has 0 saturated heterocycles. The molecule has 2 saturated carbocycles. The van der Waals surface area contributed by atoms with Crippen LogP contribution in [0.15, 0.2) is 63.9 Å². The molecule has 11 heteroatoms. The predicted molar refractivity (Wildman–Crippen MR) is 162 cm³/mol. The summed E-state index contributed by atoms with van der Waals surface area (Å²) in [6.07, 6.45) is 6.09. The number of allylic oxidation sites excluding steroid dienone is 2. The van der Waals surface area contributed by atoms with Crippen LogP contribution in [0.25, 0.3) is 11.3 Å². The fourth-order valence-electron chi connectivity index (χ4n) is 5.29. The van der Waals surface area contributed by atoms with Gasteiger partial charge in [0.1, 0.15) is 23.8 Å². The number of carboxylic acids is 1. The van der Waals surface area contributed by atoms with Crippen LogP contribution in [0.5, 0.6) is 0 Å². The summed E-state index contributed by atoms with van der Waals surface area (Å²) in [5, 5.41) is 30.4. The molecule has 0 spiro atoms. The van der Waals surface area contributed by atoms with Crippen molar-refractivity contribution >= 4 is 40.8 Å². The summed E-state index contributed by atoms with van der Waals surface area (Å²) in [6.45, 7) is 9.92. The summed E-state index contributed by atoms with van der Waals surface area (Å²) in [6, 6.07) is 6.82. The fourth-order valence-corrected chi connectivity index (χ4v) is 6.15. The lowest BCUT2D eigenvalue weighted by molar-refractivity contribution is -0.0139. The second-order valence-electron chi connectivity index (χ2n) is 11.1. The van der Waals surface area contributed by atoms with E-state index >= 15 is 0 Å². The highest BCUT2D eigenvalue weighted by Gasteiger charge is 2.47. The number of nitrogens with zero attached hydrogens (tertiary/aromatic N) is 3. The number of hydrogen-bond acceptors (Lipinski definition) is 6. The summed E-state index contributed by atoms with van der Waals surface area (Å²) in [7, 11) is 0. The first-order valence-corrected chi connectivity index (χ1v) is 14.9. The zero-order valence-corrected chi connectivity index (χ0v) is 25.8. The number of ether oxygens (including phenoxy) is 1. The third-order valence-corrected chi connectivity index (χ3v) is 8.78.